The molecule has 0 radical (unpaired) electrons. The molecule has 86 valence electrons. The molecular formula is C10H9Cl2NO3. The minimum atomic E-state index is -1.10. The summed E-state index contributed by atoms with van der Waals surface area (Å²) in [7, 11) is 0. The highest BCUT2D eigenvalue weighted by Gasteiger charge is 2.16. The SMILES string of the molecule is O=CN[C@@H](Cc1ccc(Cl)c(Cl)c1)C(=O)O. The van der Waals surface area contributed by atoms with Crippen LogP contribution in [0.15, 0.2) is 18.2 Å². The fraction of sp³-hybridized carbons (Fsp3) is 0.200. The molecule has 4 nitrogen and oxygen atoms in total. The molecule has 1 rings (SSSR count). The van der Waals surface area contributed by atoms with Gasteiger partial charge in [0.2, 0.25) is 6.41 Å². The Hall–Kier alpha value is -1.26. The summed E-state index contributed by atoms with van der Waals surface area (Å²) in [6.07, 6.45) is 0.515. The summed E-state index contributed by atoms with van der Waals surface area (Å²) in [5.41, 5.74) is 0.691. The van der Waals surface area contributed by atoms with Crippen molar-refractivity contribution in [2.45, 2.75) is 12.5 Å². The molecule has 0 aliphatic heterocycles. The molecule has 1 atom stereocenters. The van der Waals surface area contributed by atoms with Gasteiger partial charge in [-0.05, 0) is 17.7 Å². The number of aliphatic carboxylic acids is 1. The van der Waals surface area contributed by atoms with Crippen molar-refractivity contribution >= 4 is 35.6 Å². The van der Waals surface area contributed by atoms with E-state index in [1.165, 1.54) is 0 Å². The number of halogens is 2. The van der Waals surface area contributed by atoms with Gasteiger partial charge < -0.3 is 10.4 Å². The third-order valence-corrected chi connectivity index (χ3v) is 2.73. The number of rotatable bonds is 5. The average molecular weight is 262 g/mol. The van der Waals surface area contributed by atoms with E-state index >= 15 is 0 Å². The highest BCUT2D eigenvalue weighted by Crippen LogP contribution is 2.23. The van der Waals surface area contributed by atoms with Gasteiger partial charge in [0, 0.05) is 6.42 Å². The number of hydrogen-bond acceptors (Lipinski definition) is 2. The van der Waals surface area contributed by atoms with E-state index in [4.69, 9.17) is 28.3 Å². The predicted octanol–water partition coefficient (Wildman–Crippen LogP) is 1.74. The zero-order valence-electron chi connectivity index (χ0n) is 8.11. The number of carbonyl (C=O) groups is 2. The van der Waals surface area contributed by atoms with Gasteiger partial charge in [0.25, 0.3) is 0 Å². The fourth-order valence-corrected chi connectivity index (χ4v) is 1.52. The van der Waals surface area contributed by atoms with Crippen LogP contribution in [0.1, 0.15) is 5.56 Å². The van der Waals surface area contributed by atoms with Crippen molar-refractivity contribution in [3.8, 4) is 0 Å². The van der Waals surface area contributed by atoms with Gasteiger partial charge in [0.05, 0.1) is 10.0 Å². The van der Waals surface area contributed by atoms with Gasteiger partial charge in [-0.3, -0.25) is 4.79 Å². The van der Waals surface area contributed by atoms with Crippen LogP contribution in [0.2, 0.25) is 10.0 Å². The first-order valence-electron chi connectivity index (χ1n) is 4.41. The van der Waals surface area contributed by atoms with E-state index in [9.17, 15) is 9.59 Å². The Morgan fingerprint density at radius 2 is 2.12 bits per heavy atom. The van der Waals surface area contributed by atoms with E-state index in [2.05, 4.69) is 5.32 Å². The Bertz CT molecular complexity index is 409. The Morgan fingerprint density at radius 3 is 2.62 bits per heavy atom. The summed E-state index contributed by atoms with van der Waals surface area (Å²) in [5.74, 6) is -1.10. The summed E-state index contributed by atoms with van der Waals surface area (Å²) in [5, 5.41) is 11.8. The second-order valence-corrected chi connectivity index (χ2v) is 3.94. The van der Waals surface area contributed by atoms with E-state index in [0.717, 1.165) is 0 Å². The minimum absolute atomic E-state index is 0.158. The van der Waals surface area contributed by atoms with Gasteiger partial charge in [-0.15, -0.1) is 0 Å². The molecule has 2 N–H and O–H groups in total. The number of benzene rings is 1. The smallest absolute Gasteiger partial charge is 0.326 e. The fourth-order valence-electron chi connectivity index (χ4n) is 1.20. The maximum absolute atomic E-state index is 10.8. The summed E-state index contributed by atoms with van der Waals surface area (Å²) in [6, 6.07) is 3.86. The summed E-state index contributed by atoms with van der Waals surface area (Å²) >= 11 is 11.5. The second-order valence-electron chi connectivity index (χ2n) is 3.13. The molecule has 1 aromatic rings. The lowest BCUT2D eigenvalue weighted by molar-refractivity contribution is -0.140. The highest BCUT2D eigenvalue weighted by atomic mass is 35.5. The second kappa shape index (κ2) is 5.72. The molecule has 0 aliphatic carbocycles. The molecule has 0 saturated carbocycles. The number of carboxylic acids is 1. The van der Waals surface area contributed by atoms with E-state index in [1.807, 2.05) is 0 Å². The quantitative estimate of drug-likeness (QED) is 0.794. The summed E-state index contributed by atoms with van der Waals surface area (Å²) in [6.45, 7) is 0. The van der Waals surface area contributed by atoms with Crippen LogP contribution in [0.4, 0.5) is 0 Å². The number of carbonyl (C=O) groups excluding carboxylic acids is 1. The van der Waals surface area contributed by atoms with Crippen molar-refractivity contribution in [1.82, 2.24) is 5.32 Å². The van der Waals surface area contributed by atoms with E-state index < -0.39 is 12.0 Å². The van der Waals surface area contributed by atoms with Crippen LogP contribution in [0.3, 0.4) is 0 Å². The Morgan fingerprint density at radius 1 is 1.44 bits per heavy atom. The maximum atomic E-state index is 10.8. The first-order valence-corrected chi connectivity index (χ1v) is 5.16. The van der Waals surface area contributed by atoms with Crippen LogP contribution >= 0.6 is 23.2 Å². The van der Waals surface area contributed by atoms with Crippen molar-refractivity contribution in [3.63, 3.8) is 0 Å². The molecule has 0 bridgehead atoms. The molecule has 1 aromatic carbocycles. The van der Waals surface area contributed by atoms with Crippen LogP contribution in [-0.4, -0.2) is 23.5 Å². The van der Waals surface area contributed by atoms with Crippen molar-refractivity contribution in [2.24, 2.45) is 0 Å². The zero-order valence-corrected chi connectivity index (χ0v) is 9.63. The lowest BCUT2D eigenvalue weighted by Crippen LogP contribution is -2.37. The van der Waals surface area contributed by atoms with Crippen molar-refractivity contribution in [3.05, 3.63) is 33.8 Å². The molecule has 0 saturated heterocycles. The van der Waals surface area contributed by atoms with E-state index in [1.54, 1.807) is 18.2 Å². The number of amides is 1. The van der Waals surface area contributed by atoms with Gasteiger partial charge in [0.1, 0.15) is 6.04 Å². The predicted molar refractivity (Wildman–Crippen MR) is 60.8 cm³/mol. The van der Waals surface area contributed by atoms with E-state index in [0.29, 0.717) is 22.0 Å². The van der Waals surface area contributed by atoms with Crippen LogP contribution in [-0.2, 0) is 16.0 Å². The summed E-state index contributed by atoms with van der Waals surface area (Å²) in [4.78, 5) is 21.0. The van der Waals surface area contributed by atoms with Crippen molar-refractivity contribution in [1.29, 1.82) is 0 Å². The maximum Gasteiger partial charge on any atom is 0.326 e. The molecule has 0 spiro atoms. The van der Waals surface area contributed by atoms with Crippen LogP contribution in [0.5, 0.6) is 0 Å². The Kier molecular flexibility index (Phi) is 4.58. The molecule has 1 amide bonds. The minimum Gasteiger partial charge on any atom is -0.480 e. The zero-order chi connectivity index (χ0) is 12.1. The monoisotopic (exact) mass is 261 g/mol. The van der Waals surface area contributed by atoms with Gasteiger partial charge in [-0.25, -0.2) is 4.79 Å². The number of carboxylic acid groups (broad SMARTS) is 1. The third kappa shape index (κ3) is 3.40. The lowest BCUT2D eigenvalue weighted by Gasteiger charge is -2.11. The molecule has 0 heterocycles. The molecule has 16 heavy (non-hydrogen) atoms. The first-order chi connectivity index (χ1) is 7.54. The van der Waals surface area contributed by atoms with Crippen molar-refractivity contribution in [2.75, 3.05) is 0 Å². The topological polar surface area (TPSA) is 66.4 Å². The normalized spacial score (nSPS) is 11.9. The largest absolute Gasteiger partial charge is 0.480 e. The molecule has 0 aliphatic rings. The standard InChI is InChI=1S/C10H9Cl2NO3/c11-7-2-1-6(3-8(7)12)4-9(10(15)16)13-5-14/h1-3,5,9H,4H2,(H,13,14)(H,15,16)/t9-/m0/s1. The van der Waals surface area contributed by atoms with Crippen LogP contribution in [0.25, 0.3) is 0 Å². The third-order valence-electron chi connectivity index (χ3n) is 1.99. The number of nitrogens with one attached hydrogen (secondary N) is 1. The molecule has 0 fully saturated rings. The molecule has 6 heteroatoms. The Labute approximate surface area is 102 Å². The molecule has 0 unspecified atom stereocenters. The Balaban J connectivity index is 2.81. The van der Waals surface area contributed by atoms with Gasteiger partial charge >= 0.3 is 5.97 Å². The van der Waals surface area contributed by atoms with Crippen LogP contribution < -0.4 is 5.32 Å². The first kappa shape index (κ1) is 12.8. The van der Waals surface area contributed by atoms with Crippen LogP contribution in [0, 0.1) is 0 Å². The highest BCUT2D eigenvalue weighted by molar-refractivity contribution is 6.42. The van der Waals surface area contributed by atoms with Gasteiger partial charge in [-0.1, -0.05) is 29.3 Å². The number of hydrogen-bond donors (Lipinski definition) is 2. The van der Waals surface area contributed by atoms with Gasteiger partial charge in [-0.2, -0.15) is 0 Å². The average Bonchev–Trinajstić information content (AvgIpc) is 2.22. The molecule has 0 aromatic heterocycles. The van der Waals surface area contributed by atoms with Gasteiger partial charge in [0.15, 0.2) is 0 Å². The summed E-state index contributed by atoms with van der Waals surface area (Å²) < 4.78 is 0. The van der Waals surface area contributed by atoms with Crippen molar-refractivity contribution < 1.29 is 14.7 Å². The van der Waals surface area contributed by atoms with E-state index in [-0.39, 0.29) is 6.42 Å². The molecular weight excluding hydrogens is 253 g/mol. The lowest BCUT2D eigenvalue weighted by atomic mass is 10.1.